The predicted octanol–water partition coefficient (Wildman–Crippen LogP) is -0.637. The maximum absolute atomic E-state index is 11.0. The summed E-state index contributed by atoms with van der Waals surface area (Å²) in [6, 6.07) is 1.49. The number of hydrogen-bond donors (Lipinski definition) is 2. The number of nitrogens with one attached hydrogen (secondary N) is 1. The van der Waals surface area contributed by atoms with Crippen molar-refractivity contribution in [1.29, 1.82) is 0 Å². The first-order valence-corrected chi connectivity index (χ1v) is 3.23. The molecule has 0 atom stereocenters. The van der Waals surface area contributed by atoms with Crippen LogP contribution in [-0.2, 0) is 0 Å². The van der Waals surface area contributed by atoms with Gasteiger partial charge >= 0.3 is 0 Å². The van der Waals surface area contributed by atoms with Crippen molar-refractivity contribution < 1.29 is 9.32 Å². The molecule has 1 heterocycles. The summed E-state index contributed by atoms with van der Waals surface area (Å²) in [5, 5.41) is 5.92. The molecule has 0 saturated carbocycles. The van der Waals surface area contributed by atoms with Crippen LogP contribution in [-0.4, -0.2) is 24.2 Å². The summed E-state index contributed by atoms with van der Waals surface area (Å²) in [5.41, 5.74) is 5.17. The highest BCUT2D eigenvalue weighted by molar-refractivity contribution is 5.91. The number of carbonyl (C=O) groups is 1. The Balaban J connectivity index is 2.43. The van der Waals surface area contributed by atoms with Gasteiger partial charge in [-0.25, -0.2) is 0 Å². The average molecular weight is 155 g/mol. The van der Waals surface area contributed by atoms with Crippen LogP contribution in [0.1, 0.15) is 10.6 Å². The van der Waals surface area contributed by atoms with E-state index in [1.54, 1.807) is 0 Å². The number of aromatic nitrogens is 1. The zero-order valence-electron chi connectivity index (χ0n) is 5.91. The van der Waals surface area contributed by atoms with Gasteiger partial charge in [0.2, 0.25) is 5.76 Å². The standard InChI is InChI=1S/C6H9N3O2/c7-2-4-8-6(10)5-1-3-9-11-5/h1,3H,2,4,7H2,(H,8,10). The Kier molecular flexibility index (Phi) is 2.62. The van der Waals surface area contributed by atoms with Crippen LogP contribution in [0.25, 0.3) is 0 Å². The molecule has 1 amide bonds. The topological polar surface area (TPSA) is 81.1 Å². The Hall–Kier alpha value is -1.36. The molecule has 0 aliphatic heterocycles. The summed E-state index contributed by atoms with van der Waals surface area (Å²) in [6.07, 6.45) is 1.41. The van der Waals surface area contributed by atoms with Crippen LogP contribution < -0.4 is 11.1 Å². The molecule has 3 N–H and O–H groups in total. The molecule has 0 aliphatic rings. The minimum absolute atomic E-state index is 0.207. The number of amides is 1. The van der Waals surface area contributed by atoms with E-state index in [-0.39, 0.29) is 11.7 Å². The molecule has 1 aromatic heterocycles. The summed E-state index contributed by atoms with van der Waals surface area (Å²) < 4.78 is 4.59. The van der Waals surface area contributed by atoms with E-state index in [0.29, 0.717) is 13.1 Å². The van der Waals surface area contributed by atoms with Crippen LogP contribution in [0.15, 0.2) is 16.8 Å². The Morgan fingerprint density at radius 2 is 2.64 bits per heavy atom. The maximum atomic E-state index is 11.0. The molecule has 0 bridgehead atoms. The van der Waals surface area contributed by atoms with Crippen LogP contribution >= 0.6 is 0 Å². The Morgan fingerprint density at radius 3 is 3.18 bits per heavy atom. The minimum Gasteiger partial charge on any atom is -0.351 e. The summed E-state index contributed by atoms with van der Waals surface area (Å²) in [7, 11) is 0. The Bertz CT molecular complexity index is 220. The molecule has 0 fully saturated rings. The van der Waals surface area contributed by atoms with Crippen molar-refractivity contribution in [1.82, 2.24) is 10.5 Å². The lowest BCUT2D eigenvalue weighted by molar-refractivity contribution is 0.0918. The van der Waals surface area contributed by atoms with Crippen LogP contribution in [0.2, 0.25) is 0 Å². The van der Waals surface area contributed by atoms with Gasteiger partial charge in [-0.05, 0) is 0 Å². The van der Waals surface area contributed by atoms with Crippen LogP contribution in [0.5, 0.6) is 0 Å². The van der Waals surface area contributed by atoms with E-state index >= 15 is 0 Å². The van der Waals surface area contributed by atoms with Crippen molar-refractivity contribution in [3.63, 3.8) is 0 Å². The molecule has 0 spiro atoms. The van der Waals surface area contributed by atoms with Gasteiger partial charge in [-0.3, -0.25) is 4.79 Å². The first-order chi connectivity index (χ1) is 5.34. The van der Waals surface area contributed by atoms with Crippen molar-refractivity contribution in [3.05, 3.63) is 18.0 Å². The molecule has 1 aromatic rings. The van der Waals surface area contributed by atoms with E-state index in [1.165, 1.54) is 12.3 Å². The van der Waals surface area contributed by atoms with E-state index in [9.17, 15) is 4.79 Å². The smallest absolute Gasteiger partial charge is 0.289 e. The minimum atomic E-state index is -0.284. The third-order valence-electron chi connectivity index (χ3n) is 1.09. The number of rotatable bonds is 3. The SMILES string of the molecule is NCCNC(=O)c1ccno1. The second-order valence-corrected chi connectivity index (χ2v) is 1.92. The quantitative estimate of drug-likeness (QED) is 0.608. The molecule has 0 aliphatic carbocycles. The highest BCUT2D eigenvalue weighted by Gasteiger charge is 2.06. The van der Waals surface area contributed by atoms with E-state index < -0.39 is 0 Å². The summed E-state index contributed by atoms with van der Waals surface area (Å²) in [6.45, 7) is 0.861. The molecule has 11 heavy (non-hydrogen) atoms. The van der Waals surface area contributed by atoms with Crippen LogP contribution in [0.3, 0.4) is 0 Å². The van der Waals surface area contributed by atoms with Gasteiger partial charge < -0.3 is 15.6 Å². The number of nitrogens with two attached hydrogens (primary N) is 1. The molecular weight excluding hydrogens is 146 g/mol. The maximum Gasteiger partial charge on any atom is 0.289 e. The lowest BCUT2D eigenvalue weighted by Gasteiger charge is -1.97. The lowest BCUT2D eigenvalue weighted by atomic mass is 10.4. The second kappa shape index (κ2) is 3.72. The predicted molar refractivity (Wildman–Crippen MR) is 37.9 cm³/mol. The monoisotopic (exact) mass is 155 g/mol. The zero-order valence-corrected chi connectivity index (χ0v) is 5.91. The third kappa shape index (κ3) is 2.05. The fraction of sp³-hybridized carbons (Fsp3) is 0.333. The van der Waals surface area contributed by atoms with Gasteiger partial charge in [0, 0.05) is 19.2 Å². The highest BCUT2D eigenvalue weighted by atomic mass is 16.5. The highest BCUT2D eigenvalue weighted by Crippen LogP contribution is 1.94. The van der Waals surface area contributed by atoms with Gasteiger partial charge in [-0.15, -0.1) is 0 Å². The fourth-order valence-electron chi connectivity index (χ4n) is 0.606. The molecule has 60 valence electrons. The Labute approximate surface area is 63.5 Å². The third-order valence-corrected chi connectivity index (χ3v) is 1.09. The van der Waals surface area contributed by atoms with E-state index in [4.69, 9.17) is 5.73 Å². The molecule has 0 aromatic carbocycles. The fourth-order valence-corrected chi connectivity index (χ4v) is 0.606. The van der Waals surface area contributed by atoms with Gasteiger partial charge in [-0.1, -0.05) is 5.16 Å². The average Bonchev–Trinajstić information content (AvgIpc) is 2.52. The van der Waals surface area contributed by atoms with Crippen molar-refractivity contribution in [2.45, 2.75) is 0 Å². The molecule has 1 rings (SSSR count). The van der Waals surface area contributed by atoms with Crippen LogP contribution in [0.4, 0.5) is 0 Å². The van der Waals surface area contributed by atoms with Crippen molar-refractivity contribution >= 4 is 5.91 Å². The largest absolute Gasteiger partial charge is 0.351 e. The van der Waals surface area contributed by atoms with Gasteiger partial charge in [0.05, 0.1) is 6.20 Å². The molecule has 0 radical (unpaired) electrons. The van der Waals surface area contributed by atoms with Gasteiger partial charge in [0.25, 0.3) is 5.91 Å². The summed E-state index contributed by atoms with van der Waals surface area (Å²) in [4.78, 5) is 11.0. The zero-order chi connectivity index (χ0) is 8.10. The molecule has 5 heteroatoms. The lowest BCUT2D eigenvalue weighted by Crippen LogP contribution is -2.28. The summed E-state index contributed by atoms with van der Waals surface area (Å²) >= 11 is 0. The van der Waals surface area contributed by atoms with Crippen molar-refractivity contribution in [3.8, 4) is 0 Å². The molecular formula is C6H9N3O2. The van der Waals surface area contributed by atoms with Gasteiger partial charge in [-0.2, -0.15) is 0 Å². The van der Waals surface area contributed by atoms with Crippen molar-refractivity contribution in [2.75, 3.05) is 13.1 Å². The van der Waals surface area contributed by atoms with E-state index in [1.807, 2.05) is 0 Å². The van der Waals surface area contributed by atoms with E-state index in [0.717, 1.165) is 0 Å². The number of carbonyl (C=O) groups excluding carboxylic acids is 1. The molecule has 5 nitrogen and oxygen atoms in total. The molecule has 0 saturated heterocycles. The number of hydrogen-bond acceptors (Lipinski definition) is 4. The van der Waals surface area contributed by atoms with Gasteiger partial charge in [0.1, 0.15) is 0 Å². The van der Waals surface area contributed by atoms with Crippen LogP contribution in [0, 0.1) is 0 Å². The second-order valence-electron chi connectivity index (χ2n) is 1.92. The Morgan fingerprint density at radius 1 is 1.82 bits per heavy atom. The molecule has 0 unspecified atom stereocenters. The van der Waals surface area contributed by atoms with Gasteiger partial charge in [0.15, 0.2) is 0 Å². The van der Waals surface area contributed by atoms with E-state index in [2.05, 4.69) is 15.0 Å². The first kappa shape index (κ1) is 7.74. The summed E-state index contributed by atoms with van der Waals surface area (Å²) in [5.74, 6) is -0.0774. The van der Waals surface area contributed by atoms with Crippen molar-refractivity contribution in [2.24, 2.45) is 5.73 Å². The first-order valence-electron chi connectivity index (χ1n) is 3.23. The number of nitrogens with zero attached hydrogens (tertiary/aromatic N) is 1. The normalized spacial score (nSPS) is 9.55.